The zero-order valence-electron chi connectivity index (χ0n) is 14.8. The molecule has 6 nitrogen and oxygen atoms in total. The summed E-state index contributed by atoms with van der Waals surface area (Å²) in [6, 6.07) is 5.08. The fourth-order valence-electron chi connectivity index (χ4n) is 2.71. The number of anilines is 1. The van der Waals surface area contributed by atoms with Crippen LogP contribution < -0.4 is 10.1 Å². The zero-order chi connectivity index (χ0) is 17.7. The molecule has 6 heteroatoms. The van der Waals surface area contributed by atoms with E-state index in [0.717, 1.165) is 12.0 Å². The normalized spacial score (nSPS) is 17.0. The van der Waals surface area contributed by atoms with Crippen LogP contribution in [0.3, 0.4) is 0 Å². The number of hydrogen-bond donors (Lipinski definition) is 1. The molecule has 1 aliphatic heterocycles. The van der Waals surface area contributed by atoms with Gasteiger partial charge in [0.1, 0.15) is 11.8 Å². The number of likely N-dealkylation sites (tertiary alicyclic amines) is 1. The van der Waals surface area contributed by atoms with Crippen LogP contribution in [0.15, 0.2) is 18.2 Å². The third-order valence-electron chi connectivity index (χ3n) is 3.94. The topological polar surface area (TPSA) is 67.9 Å². The quantitative estimate of drug-likeness (QED) is 0.898. The standard InChI is InChI=1S/C18H26N2O4/c1-12(2)11-24-18(22)20-9-5-6-15(20)17(21)19-14-10-13(3)7-8-16(14)23-4/h7-8,10,12,15H,5-6,9,11H2,1-4H3,(H,19,21). The Bertz CT molecular complexity index is 601. The first-order chi connectivity index (χ1) is 11.4. The van der Waals surface area contributed by atoms with Crippen LogP contribution in [0.4, 0.5) is 10.5 Å². The third kappa shape index (κ3) is 4.40. The number of benzene rings is 1. The van der Waals surface area contributed by atoms with Gasteiger partial charge in [-0.2, -0.15) is 0 Å². The van der Waals surface area contributed by atoms with Crippen molar-refractivity contribution in [2.45, 2.75) is 39.7 Å². The van der Waals surface area contributed by atoms with E-state index in [0.29, 0.717) is 31.0 Å². The summed E-state index contributed by atoms with van der Waals surface area (Å²) < 4.78 is 10.5. The maximum Gasteiger partial charge on any atom is 0.410 e. The number of nitrogens with zero attached hydrogens (tertiary/aromatic N) is 1. The first-order valence-corrected chi connectivity index (χ1v) is 8.31. The summed E-state index contributed by atoms with van der Waals surface area (Å²) in [6.45, 7) is 6.80. The van der Waals surface area contributed by atoms with Gasteiger partial charge in [-0.3, -0.25) is 9.69 Å². The molecule has 1 aromatic carbocycles. The average Bonchev–Trinajstić information content (AvgIpc) is 3.02. The van der Waals surface area contributed by atoms with Gasteiger partial charge in [0.15, 0.2) is 0 Å². The maximum absolute atomic E-state index is 12.6. The highest BCUT2D eigenvalue weighted by Crippen LogP contribution is 2.27. The van der Waals surface area contributed by atoms with Crippen molar-refractivity contribution < 1.29 is 19.1 Å². The van der Waals surface area contributed by atoms with Gasteiger partial charge in [0.2, 0.25) is 5.91 Å². The lowest BCUT2D eigenvalue weighted by molar-refractivity contribution is -0.120. The Labute approximate surface area is 143 Å². The van der Waals surface area contributed by atoms with E-state index in [-0.39, 0.29) is 11.8 Å². The van der Waals surface area contributed by atoms with Gasteiger partial charge in [-0.1, -0.05) is 19.9 Å². The monoisotopic (exact) mass is 334 g/mol. The molecule has 1 saturated heterocycles. The van der Waals surface area contributed by atoms with Crippen LogP contribution in [0, 0.1) is 12.8 Å². The van der Waals surface area contributed by atoms with Crippen molar-refractivity contribution in [1.82, 2.24) is 4.90 Å². The number of aryl methyl sites for hydroxylation is 1. The SMILES string of the molecule is COc1ccc(C)cc1NC(=O)C1CCCN1C(=O)OCC(C)C. The van der Waals surface area contributed by atoms with Gasteiger partial charge in [-0.25, -0.2) is 4.79 Å². The summed E-state index contributed by atoms with van der Waals surface area (Å²) >= 11 is 0. The van der Waals surface area contributed by atoms with Gasteiger partial charge >= 0.3 is 6.09 Å². The summed E-state index contributed by atoms with van der Waals surface area (Å²) in [5.41, 5.74) is 1.63. The van der Waals surface area contributed by atoms with Crippen LogP contribution >= 0.6 is 0 Å². The molecule has 0 radical (unpaired) electrons. The Morgan fingerprint density at radius 1 is 1.38 bits per heavy atom. The summed E-state index contributed by atoms with van der Waals surface area (Å²) in [5, 5.41) is 2.88. The Morgan fingerprint density at radius 3 is 2.79 bits per heavy atom. The first-order valence-electron chi connectivity index (χ1n) is 8.31. The number of amides is 2. The minimum absolute atomic E-state index is 0.210. The van der Waals surface area contributed by atoms with E-state index in [9.17, 15) is 9.59 Å². The number of nitrogens with one attached hydrogen (secondary N) is 1. The van der Waals surface area contributed by atoms with Crippen LogP contribution in [-0.2, 0) is 9.53 Å². The molecule has 0 spiro atoms. The van der Waals surface area contributed by atoms with Crippen molar-refractivity contribution in [1.29, 1.82) is 0 Å². The summed E-state index contributed by atoms with van der Waals surface area (Å²) in [7, 11) is 1.56. The van der Waals surface area contributed by atoms with E-state index in [1.54, 1.807) is 7.11 Å². The number of carbonyl (C=O) groups is 2. The van der Waals surface area contributed by atoms with Gasteiger partial charge in [-0.15, -0.1) is 0 Å². The van der Waals surface area contributed by atoms with E-state index in [2.05, 4.69) is 5.32 Å². The van der Waals surface area contributed by atoms with Crippen molar-refractivity contribution in [2.75, 3.05) is 25.6 Å². The molecule has 1 atom stereocenters. The van der Waals surface area contributed by atoms with Gasteiger partial charge < -0.3 is 14.8 Å². The Morgan fingerprint density at radius 2 is 2.12 bits per heavy atom. The highest BCUT2D eigenvalue weighted by atomic mass is 16.6. The molecule has 1 heterocycles. The van der Waals surface area contributed by atoms with Gasteiger partial charge in [0, 0.05) is 6.54 Å². The van der Waals surface area contributed by atoms with Crippen LogP contribution in [0.2, 0.25) is 0 Å². The first kappa shape index (κ1) is 18.1. The summed E-state index contributed by atoms with van der Waals surface area (Å²) in [4.78, 5) is 26.3. The number of methoxy groups -OCH3 is 1. The van der Waals surface area contributed by atoms with Crippen LogP contribution in [0.1, 0.15) is 32.3 Å². The minimum atomic E-state index is -0.505. The molecule has 2 rings (SSSR count). The molecule has 1 fully saturated rings. The highest BCUT2D eigenvalue weighted by molar-refractivity contribution is 5.98. The predicted octanol–water partition coefficient (Wildman–Crippen LogP) is 3.20. The number of rotatable bonds is 5. The van der Waals surface area contributed by atoms with E-state index in [4.69, 9.17) is 9.47 Å². The van der Waals surface area contributed by atoms with Crippen LogP contribution in [0.25, 0.3) is 0 Å². The molecule has 1 unspecified atom stereocenters. The minimum Gasteiger partial charge on any atom is -0.495 e. The fraction of sp³-hybridized carbons (Fsp3) is 0.556. The van der Waals surface area contributed by atoms with Crippen LogP contribution in [0.5, 0.6) is 5.75 Å². The van der Waals surface area contributed by atoms with Crippen molar-refractivity contribution in [3.05, 3.63) is 23.8 Å². The average molecular weight is 334 g/mol. The molecular formula is C18H26N2O4. The second-order valence-electron chi connectivity index (χ2n) is 6.52. The molecule has 0 bridgehead atoms. The number of carbonyl (C=O) groups excluding carboxylic acids is 2. The number of ether oxygens (including phenoxy) is 2. The van der Waals surface area contributed by atoms with Gasteiger partial charge in [0.25, 0.3) is 0 Å². The third-order valence-corrected chi connectivity index (χ3v) is 3.94. The smallest absolute Gasteiger partial charge is 0.410 e. The lowest BCUT2D eigenvalue weighted by atomic mass is 10.1. The number of hydrogen-bond acceptors (Lipinski definition) is 4. The predicted molar refractivity (Wildman–Crippen MR) is 92.3 cm³/mol. The van der Waals surface area contributed by atoms with Crippen molar-refractivity contribution >= 4 is 17.7 Å². The molecule has 2 amide bonds. The molecule has 0 aromatic heterocycles. The van der Waals surface area contributed by atoms with Crippen molar-refractivity contribution in [3.8, 4) is 5.75 Å². The lowest BCUT2D eigenvalue weighted by Gasteiger charge is -2.24. The van der Waals surface area contributed by atoms with Crippen molar-refractivity contribution in [3.63, 3.8) is 0 Å². The molecular weight excluding hydrogens is 308 g/mol. The van der Waals surface area contributed by atoms with E-state index in [1.807, 2.05) is 39.0 Å². The largest absolute Gasteiger partial charge is 0.495 e. The molecule has 132 valence electrons. The fourth-order valence-corrected chi connectivity index (χ4v) is 2.71. The van der Waals surface area contributed by atoms with E-state index >= 15 is 0 Å². The highest BCUT2D eigenvalue weighted by Gasteiger charge is 2.35. The van der Waals surface area contributed by atoms with Gasteiger partial charge in [0.05, 0.1) is 19.4 Å². The Kier molecular flexibility index (Phi) is 6.06. The zero-order valence-corrected chi connectivity index (χ0v) is 14.8. The molecule has 1 aliphatic rings. The Hall–Kier alpha value is -2.24. The summed E-state index contributed by atoms with van der Waals surface area (Å²) in [6.07, 6.45) is 1.01. The second kappa shape index (κ2) is 8.04. The molecule has 0 aliphatic carbocycles. The molecule has 0 saturated carbocycles. The molecule has 1 N–H and O–H groups in total. The van der Waals surface area contributed by atoms with Gasteiger partial charge in [-0.05, 0) is 43.4 Å². The van der Waals surface area contributed by atoms with Crippen LogP contribution in [-0.4, -0.2) is 43.2 Å². The van der Waals surface area contributed by atoms with E-state index in [1.165, 1.54) is 4.90 Å². The Balaban J connectivity index is 2.05. The molecule has 1 aromatic rings. The van der Waals surface area contributed by atoms with Crippen molar-refractivity contribution in [2.24, 2.45) is 5.92 Å². The second-order valence-corrected chi connectivity index (χ2v) is 6.52. The maximum atomic E-state index is 12.6. The van der Waals surface area contributed by atoms with E-state index < -0.39 is 12.1 Å². The molecule has 24 heavy (non-hydrogen) atoms. The lowest BCUT2D eigenvalue weighted by Crippen LogP contribution is -2.43. The summed E-state index contributed by atoms with van der Waals surface area (Å²) in [5.74, 6) is 0.652.